The molecule has 2 nitrogen and oxygen atoms in total. The lowest BCUT2D eigenvalue weighted by atomic mass is 10.1. The molecule has 0 bridgehead atoms. The van der Waals surface area contributed by atoms with Crippen LogP contribution in [0.1, 0.15) is 11.1 Å². The molecule has 86 valence electrons. The second-order valence-corrected chi connectivity index (χ2v) is 4.96. The van der Waals surface area contributed by atoms with Crippen LogP contribution in [0, 0.1) is 0 Å². The Hall–Kier alpha value is -1.83. The number of hydrogen-bond donors (Lipinski definition) is 0. The Kier molecular flexibility index (Phi) is 2.18. The van der Waals surface area contributed by atoms with E-state index in [1.54, 1.807) is 0 Å². The maximum atomic E-state index is 2.30. The molecular formula is C15H17N2+. The third-order valence-electron chi connectivity index (χ3n) is 3.46. The van der Waals surface area contributed by atoms with Gasteiger partial charge in [0.1, 0.15) is 7.05 Å². The molecule has 1 aliphatic carbocycles. The third-order valence-corrected chi connectivity index (χ3v) is 3.46. The van der Waals surface area contributed by atoms with Gasteiger partial charge >= 0.3 is 0 Å². The maximum Gasteiger partial charge on any atom is 0.172 e. The van der Waals surface area contributed by atoms with E-state index in [9.17, 15) is 0 Å². The molecule has 0 spiro atoms. The summed E-state index contributed by atoms with van der Waals surface area (Å²) in [5.74, 6) is 0. The molecule has 1 heterocycles. The van der Waals surface area contributed by atoms with Crippen molar-refractivity contribution in [2.75, 3.05) is 19.0 Å². The van der Waals surface area contributed by atoms with Crippen molar-refractivity contribution in [2.45, 2.75) is 6.42 Å². The van der Waals surface area contributed by atoms with Gasteiger partial charge in [-0.25, -0.2) is 4.57 Å². The second-order valence-electron chi connectivity index (χ2n) is 4.96. The first-order valence-corrected chi connectivity index (χ1v) is 5.94. The van der Waals surface area contributed by atoms with Crippen molar-refractivity contribution < 1.29 is 4.57 Å². The number of fused-ring (bicyclic) bond motifs is 3. The van der Waals surface area contributed by atoms with Gasteiger partial charge < -0.3 is 4.90 Å². The van der Waals surface area contributed by atoms with Gasteiger partial charge in [-0.05, 0) is 28.8 Å². The largest absolute Gasteiger partial charge is 0.378 e. The second kappa shape index (κ2) is 3.59. The van der Waals surface area contributed by atoms with Crippen LogP contribution >= 0.6 is 0 Å². The van der Waals surface area contributed by atoms with Gasteiger partial charge in [0, 0.05) is 37.8 Å². The Morgan fingerprint density at radius 2 is 1.82 bits per heavy atom. The summed E-state index contributed by atoms with van der Waals surface area (Å²) in [6.45, 7) is 0. The smallest absolute Gasteiger partial charge is 0.172 e. The monoisotopic (exact) mass is 225 g/mol. The van der Waals surface area contributed by atoms with E-state index in [0.29, 0.717) is 0 Å². The highest BCUT2D eigenvalue weighted by atomic mass is 15.1. The van der Waals surface area contributed by atoms with Crippen LogP contribution in [-0.4, -0.2) is 14.1 Å². The van der Waals surface area contributed by atoms with Crippen LogP contribution in [0.15, 0.2) is 36.7 Å². The summed E-state index contributed by atoms with van der Waals surface area (Å²) >= 11 is 0. The van der Waals surface area contributed by atoms with Crippen molar-refractivity contribution in [2.24, 2.45) is 7.05 Å². The van der Waals surface area contributed by atoms with Gasteiger partial charge in [0.05, 0.1) is 0 Å². The first kappa shape index (κ1) is 10.3. The van der Waals surface area contributed by atoms with Gasteiger partial charge in [-0.2, -0.15) is 0 Å². The predicted molar refractivity (Wildman–Crippen MR) is 70.2 cm³/mol. The van der Waals surface area contributed by atoms with Crippen LogP contribution in [-0.2, 0) is 13.5 Å². The summed E-state index contributed by atoms with van der Waals surface area (Å²) in [6.07, 6.45) is 5.40. The molecule has 2 aromatic rings. The number of pyridine rings is 1. The van der Waals surface area contributed by atoms with E-state index in [1.807, 2.05) is 0 Å². The first-order chi connectivity index (χ1) is 8.15. The fraction of sp³-hybridized carbons (Fsp3) is 0.267. The van der Waals surface area contributed by atoms with Gasteiger partial charge in [0.15, 0.2) is 12.4 Å². The zero-order chi connectivity index (χ0) is 12.0. The lowest BCUT2D eigenvalue weighted by molar-refractivity contribution is -0.671. The summed E-state index contributed by atoms with van der Waals surface area (Å²) in [5.41, 5.74) is 6.94. The molecule has 0 fully saturated rings. The van der Waals surface area contributed by atoms with Gasteiger partial charge in [-0.3, -0.25) is 0 Å². The lowest BCUT2D eigenvalue weighted by Crippen LogP contribution is -2.26. The lowest BCUT2D eigenvalue weighted by Gasteiger charge is -2.13. The highest BCUT2D eigenvalue weighted by Crippen LogP contribution is 2.37. The normalized spacial score (nSPS) is 12.2. The number of hydrogen-bond acceptors (Lipinski definition) is 1. The van der Waals surface area contributed by atoms with Crippen LogP contribution in [0.2, 0.25) is 0 Å². The quantitative estimate of drug-likeness (QED) is 0.576. The minimum atomic E-state index is 1.06. The van der Waals surface area contributed by atoms with Crippen LogP contribution < -0.4 is 9.47 Å². The number of nitrogens with zero attached hydrogens (tertiary/aromatic N) is 2. The number of aryl methyl sites for hydroxylation is 1. The number of benzene rings is 1. The number of anilines is 1. The average Bonchev–Trinajstić information content (AvgIpc) is 2.64. The summed E-state index contributed by atoms with van der Waals surface area (Å²) in [6, 6.07) is 8.96. The highest BCUT2D eigenvalue weighted by Gasteiger charge is 2.21. The molecule has 0 aliphatic heterocycles. The van der Waals surface area contributed by atoms with E-state index in [0.717, 1.165) is 6.42 Å². The molecule has 2 heteroatoms. The fourth-order valence-electron chi connectivity index (χ4n) is 2.53. The average molecular weight is 225 g/mol. The molecule has 0 amide bonds. The molecule has 0 radical (unpaired) electrons. The van der Waals surface area contributed by atoms with E-state index in [4.69, 9.17) is 0 Å². The van der Waals surface area contributed by atoms with E-state index in [1.165, 1.54) is 27.9 Å². The summed E-state index contributed by atoms with van der Waals surface area (Å²) in [5, 5.41) is 0. The molecular weight excluding hydrogens is 208 g/mol. The molecule has 1 aromatic carbocycles. The van der Waals surface area contributed by atoms with Crippen LogP contribution in [0.25, 0.3) is 11.1 Å². The molecule has 0 saturated carbocycles. The van der Waals surface area contributed by atoms with Crippen molar-refractivity contribution in [3.05, 3.63) is 47.8 Å². The molecule has 1 aliphatic rings. The van der Waals surface area contributed by atoms with E-state index >= 15 is 0 Å². The molecule has 0 atom stereocenters. The molecule has 0 saturated heterocycles. The fourth-order valence-corrected chi connectivity index (χ4v) is 2.53. The van der Waals surface area contributed by atoms with Crippen LogP contribution in [0.3, 0.4) is 0 Å². The Morgan fingerprint density at radius 3 is 2.59 bits per heavy atom. The van der Waals surface area contributed by atoms with Crippen molar-refractivity contribution in [1.82, 2.24) is 0 Å². The zero-order valence-electron chi connectivity index (χ0n) is 10.6. The Labute approximate surface area is 102 Å². The Bertz CT molecular complexity index is 585. The van der Waals surface area contributed by atoms with Gasteiger partial charge in [-0.15, -0.1) is 0 Å². The molecule has 1 aromatic heterocycles. The Morgan fingerprint density at radius 1 is 1.06 bits per heavy atom. The van der Waals surface area contributed by atoms with Crippen molar-refractivity contribution in [3.8, 4) is 11.1 Å². The van der Waals surface area contributed by atoms with Gasteiger partial charge in [0.25, 0.3) is 0 Å². The van der Waals surface area contributed by atoms with Crippen molar-refractivity contribution in [3.63, 3.8) is 0 Å². The first-order valence-electron chi connectivity index (χ1n) is 5.94. The van der Waals surface area contributed by atoms with Crippen LogP contribution in [0.5, 0.6) is 0 Å². The summed E-state index contributed by atoms with van der Waals surface area (Å²) in [4.78, 5) is 2.16. The summed E-state index contributed by atoms with van der Waals surface area (Å²) in [7, 11) is 6.25. The SMILES string of the molecule is CN(C)c1ccc2c(c1)Cc1c[n+](C)ccc1-2. The number of aromatic nitrogens is 1. The predicted octanol–water partition coefficient (Wildman–Crippen LogP) is 2.15. The standard InChI is InChI=1S/C15H17N2/c1-16(2)13-4-5-14-11(9-13)8-12-10-17(3)7-6-15(12)14/h4-7,9-10H,8H2,1-3H3/q+1. The molecule has 3 rings (SSSR count). The Balaban J connectivity index is 2.12. The van der Waals surface area contributed by atoms with Crippen LogP contribution in [0.4, 0.5) is 5.69 Å². The minimum Gasteiger partial charge on any atom is -0.378 e. The van der Waals surface area contributed by atoms with Gasteiger partial charge in [-0.1, -0.05) is 6.07 Å². The van der Waals surface area contributed by atoms with Gasteiger partial charge in [0.2, 0.25) is 0 Å². The molecule has 0 N–H and O–H groups in total. The molecule has 17 heavy (non-hydrogen) atoms. The maximum absolute atomic E-state index is 2.30. The van der Waals surface area contributed by atoms with E-state index in [2.05, 4.69) is 67.3 Å². The molecule has 0 unspecified atom stereocenters. The van der Waals surface area contributed by atoms with E-state index < -0.39 is 0 Å². The summed E-state index contributed by atoms with van der Waals surface area (Å²) < 4.78 is 2.12. The van der Waals surface area contributed by atoms with Crippen molar-refractivity contribution >= 4 is 5.69 Å². The zero-order valence-corrected chi connectivity index (χ0v) is 10.6. The third kappa shape index (κ3) is 1.60. The highest BCUT2D eigenvalue weighted by molar-refractivity contribution is 5.77. The number of rotatable bonds is 1. The topological polar surface area (TPSA) is 7.12 Å². The van der Waals surface area contributed by atoms with E-state index in [-0.39, 0.29) is 0 Å². The minimum absolute atomic E-state index is 1.06. The van der Waals surface area contributed by atoms with Crippen molar-refractivity contribution in [1.29, 1.82) is 0 Å².